The van der Waals surface area contributed by atoms with Gasteiger partial charge >= 0.3 is 0 Å². The van der Waals surface area contributed by atoms with Crippen molar-refractivity contribution >= 4 is 0 Å². The van der Waals surface area contributed by atoms with Crippen molar-refractivity contribution in [2.24, 2.45) is 0 Å². The fourth-order valence-electron chi connectivity index (χ4n) is 2.06. The molecule has 0 aromatic heterocycles. The third kappa shape index (κ3) is 5.49. The van der Waals surface area contributed by atoms with Gasteiger partial charge in [0.2, 0.25) is 0 Å². The highest BCUT2D eigenvalue weighted by atomic mass is 14.9. The van der Waals surface area contributed by atoms with Crippen LogP contribution in [0.5, 0.6) is 0 Å². The van der Waals surface area contributed by atoms with Crippen LogP contribution >= 0.6 is 0 Å². The average Bonchev–Trinajstić information content (AvgIpc) is 2.37. The molecule has 0 saturated carbocycles. The highest BCUT2D eigenvalue weighted by Gasteiger charge is 2.13. The van der Waals surface area contributed by atoms with Crippen LogP contribution < -0.4 is 5.32 Å². The SMILES string of the molecule is C#CCCCCNC(C)c1ccc(C(C)(C)C)cc1. The van der Waals surface area contributed by atoms with Crippen molar-refractivity contribution in [2.75, 3.05) is 6.54 Å². The van der Waals surface area contributed by atoms with Crippen LogP contribution in [-0.2, 0) is 5.41 Å². The second-order valence-corrected chi connectivity index (χ2v) is 6.21. The molecule has 1 nitrogen and oxygen atoms in total. The molecule has 1 rings (SSSR count). The summed E-state index contributed by atoms with van der Waals surface area (Å²) in [4.78, 5) is 0. The van der Waals surface area contributed by atoms with Crippen LogP contribution in [-0.4, -0.2) is 6.54 Å². The Morgan fingerprint density at radius 3 is 2.32 bits per heavy atom. The summed E-state index contributed by atoms with van der Waals surface area (Å²) in [6.45, 7) is 9.98. The molecule has 1 N–H and O–H groups in total. The summed E-state index contributed by atoms with van der Waals surface area (Å²) in [5.41, 5.74) is 2.96. The van der Waals surface area contributed by atoms with E-state index in [2.05, 4.69) is 63.2 Å². The predicted octanol–water partition coefficient (Wildman–Crippen LogP) is 4.44. The van der Waals surface area contributed by atoms with Gasteiger partial charge in [-0.3, -0.25) is 0 Å². The molecule has 1 unspecified atom stereocenters. The lowest BCUT2D eigenvalue weighted by Crippen LogP contribution is -2.20. The van der Waals surface area contributed by atoms with Crippen LogP contribution in [0.4, 0.5) is 0 Å². The van der Waals surface area contributed by atoms with Crippen molar-refractivity contribution in [2.45, 2.75) is 58.4 Å². The van der Waals surface area contributed by atoms with Crippen molar-refractivity contribution in [3.05, 3.63) is 35.4 Å². The number of rotatable bonds is 6. The Balaban J connectivity index is 2.45. The van der Waals surface area contributed by atoms with Gasteiger partial charge in [-0.25, -0.2) is 0 Å². The molecule has 0 bridgehead atoms. The molecule has 19 heavy (non-hydrogen) atoms. The average molecular weight is 257 g/mol. The highest BCUT2D eigenvalue weighted by Crippen LogP contribution is 2.23. The van der Waals surface area contributed by atoms with E-state index in [1.165, 1.54) is 11.1 Å². The molecule has 1 aromatic carbocycles. The van der Waals surface area contributed by atoms with Gasteiger partial charge in [0.25, 0.3) is 0 Å². The number of nitrogens with one attached hydrogen (secondary N) is 1. The van der Waals surface area contributed by atoms with Crippen molar-refractivity contribution in [1.82, 2.24) is 5.32 Å². The summed E-state index contributed by atoms with van der Waals surface area (Å²) < 4.78 is 0. The normalized spacial score (nSPS) is 13.0. The van der Waals surface area contributed by atoms with Crippen molar-refractivity contribution in [3.8, 4) is 12.3 Å². The van der Waals surface area contributed by atoms with Crippen LogP contribution in [0.1, 0.15) is 64.1 Å². The number of unbranched alkanes of at least 4 members (excludes halogenated alkanes) is 2. The third-order valence-electron chi connectivity index (χ3n) is 3.48. The van der Waals surface area contributed by atoms with E-state index in [1.807, 2.05) is 0 Å². The Hall–Kier alpha value is -1.26. The second-order valence-electron chi connectivity index (χ2n) is 6.21. The van der Waals surface area contributed by atoms with Gasteiger partial charge in [-0.15, -0.1) is 12.3 Å². The molecule has 1 aromatic rings. The van der Waals surface area contributed by atoms with Gasteiger partial charge < -0.3 is 5.32 Å². The molecule has 0 amide bonds. The minimum absolute atomic E-state index is 0.227. The highest BCUT2D eigenvalue weighted by molar-refractivity contribution is 5.28. The van der Waals surface area contributed by atoms with E-state index >= 15 is 0 Å². The Kier molecular flexibility index (Phi) is 6.12. The Morgan fingerprint density at radius 1 is 1.16 bits per heavy atom. The molecule has 0 saturated heterocycles. The van der Waals surface area contributed by atoms with E-state index < -0.39 is 0 Å². The summed E-state index contributed by atoms with van der Waals surface area (Å²) in [6.07, 6.45) is 8.38. The molecule has 0 aliphatic heterocycles. The molecule has 0 spiro atoms. The van der Waals surface area contributed by atoms with Gasteiger partial charge in [0.05, 0.1) is 0 Å². The van der Waals surface area contributed by atoms with E-state index in [9.17, 15) is 0 Å². The van der Waals surface area contributed by atoms with Crippen molar-refractivity contribution in [3.63, 3.8) is 0 Å². The standard InChI is InChI=1S/C18H27N/c1-6-7-8-9-14-19-15(2)16-10-12-17(13-11-16)18(3,4)5/h1,10-13,15,19H,7-9,14H2,2-5H3. The first-order chi connectivity index (χ1) is 8.95. The molecule has 1 atom stereocenters. The van der Waals surface area contributed by atoms with Crippen LogP contribution in [0.3, 0.4) is 0 Å². The number of hydrogen-bond acceptors (Lipinski definition) is 1. The van der Waals surface area contributed by atoms with E-state index in [4.69, 9.17) is 6.42 Å². The zero-order valence-electron chi connectivity index (χ0n) is 12.8. The lowest BCUT2D eigenvalue weighted by molar-refractivity contribution is 0.547. The monoisotopic (exact) mass is 257 g/mol. The summed E-state index contributed by atoms with van der Waals surface area (Å²) in [5.74, 6) is 2.68. The molecule has 0 heterocycles. The van der Waals surface area contributed by atoms with Gasteiger partial charge in [-0.1, -0.05) is 45.0 Å². The maximum Gasteiger partial charge on any atom is 0.0291 e. The lowest BCUT2D eigenvalue weighted by atomic mass is 9.86. The first kappa shape index (κ1) is 15.8. The van der Waals surface area contributed by atoms with Crippen molar-refractivity contribution < 1.29 is 0 Å². The van der Waals surface area contributed by atoms with Crippen LogP contribution in [0.25, 0.3) is 0 Å². The van der Waals surface area contributed by atoms with Gasteiger partial charge in [0.1, 0.15) is 0 Å². The Bertz CT molecular complexity index is 403. The maximum absolute atomic E-state index is 5.24. The van der Waals surface area contributed by atoms with Crippen molar-refractivity contribution in [1.29, 1.82) is 0 Å². The molecule has 0 fully saturated rings. The van der Waals surface area contributed by atoms with E-state index in [1.54, 1.807) is 0 Å². The maximum atomic E-state index is 5.24. The number of hydrogen-bond donors (Lipinski definition) is 1. The minimum atomic E-state index is 0.227. The first-order valence-corrected chi connectivity index (χ1v) is 7.22. The minimum Gasteiger partial charge on any atom is -0.310 e. The van der Waals surface area contributed by atoms with Crippen LogP contribution in [0.2, 0.25) is 0 Å². The summed E-state index contributed by atoms with van der Waals surface area (Å²) >= 11 is 0. The molecule has 0 aliphatic carbocycles. The third-order valence-corrected chi connectivity index (χ3v) is 3.48. The predicted molar refractivity (Wildman–Crippen MR) is 84.2 cm³/mol. The summed E-state index contributed by atoms with van der Waals surface area (Å²) in [7, 11) is 0. The van der Waals surface area contributed by atoms with Gasteiger partial charge in [0, 0.05) is 12.5 Å². The van der Waals surface area contributed by atoms with Gasteiger partial charge in [-0.2, -0.15) is 0 Å². The largest absolute Gasteiger partial charge is 0.310 e. The quantitative estimate of drug-likeness (QED) is 0.587. The molecular weight excluding hydrogens is 230 g/mol. The molecular formula is C18H27N. The smallest absolute Gasteiger partial charge is 0.0291 e. The number of benzene rings is 1. The zero-order valence-corrected chi connectivity index (χ0v) is 12.8. The topological polar surface area (TPSA) is 12.0 Å². The van der Waals surface area contributed by atoms with E-state index in [0.29, 0.717) is 6.04 Å². The lowest BCUT2D eigenvalue weighted by Gasteiger charge is -2.20. The summed E-state index contributed by atoms with van der Waals surface area (Å²) in [5, 5.41) is 3.55. The first-order valence-electron chi connectivity index (χ1n) is 7.22. The van der Waals surface area contributed by atoms with Gasteiger partial charge in [-0.05, 0) is 42.9 Å². The van der Waals surface area contributed by atoms with Crippen LogP contribution in [0.15, 0.2) is 24.3 Å². The second kappa shape index (κ2) is 7.36. The molecule has 1 heteroatoms. The van der Waals surface area contributed by atoms with E-state index in [-0.39, 0.29) is 5.41 Å². The fourth-order valence-corrected chi connectivity index (χ4v) is 2.06. The Morgan fingerprint density at radius 2 is 1.79 bits per heavy atom. The molecule has 0 aliphatic rings. The Labute approximate surface area is 118 Å². The van der Waals surface area contributed by atoms with Gasteiger partial charge in [0.15, 0.2) is 0 Å². The zero-order chi connectivity index (χ0) is 14.3. The number of terminal acetylenes is 1. The summed E-state index contributed by atoms with van der Waals surface area (Å²) in [6, 6.07) is 9.36. The fraction of sp³-hybridized carbons (Fsp3) is 0.556. The van der Waals surface area contributed by atoms with E-state index in [0.717, 1.165) is 25.8 Å². The molecule has 104 valence electrons. The molecule has 0 radical (unpaired) electrons. The van der Waals surface area contributed by atoms with Crippen LogP contribution in [0, 0.1) is 12.3 Å².